The highest BCUT2D eigenvalue weighted by Crippen LogP contribution is 2.28. The number of carbonyl (C=O) groups is 2. The molecule has 120 valence electrons. The summed E-state index contributed by atoms with van der Waals surface area (Å²) >= 11 is 5.97. The third-order valence-corrected chi connectivity index (χ3v) is 3.96. The Bertz CT molecular complexity index is 561. The van der Waals surface area contributed by atoms with Gasteiger partial charge in [-0.3, -0.25) is 9.59 Å². The van der Waals surface area contributed by atoms with Crippen molar-refractivity contribution in [3.63, 3.8) is 0 Å². The van der Waals surface area contributed by atoms with Gasteiger partial charge in [0.05, 0.1) is 6.04 Å². The molecule has 2 rings (SSSR count). The number of amides is 2. The average molecular weight is 327 g/mol. The van der Waals surface area contributed by atoms with Crippen LogP contribution in [0.15, 0.2) is 18.2 Å². The lowest BCUT2D eigenvalue weighted by atomic mass is 10.1. The van der Waals surface area contributed by atoms with Crippen LogP contribution in [0.4, 0.5) is 4.39 Å². The molecule has 1 fully saturated rings. The molecule has 1 saturated carbocycles. The largest absolute Gasteiger partial charge is 0.356 e. The zero-order valence-electron chi connectivity index (χ0n) is 12.5. The van der Waals surface area contributed by atoms with Crippen LogP contribution in [-0.4, -0.2) is 18.4 Å². The van der Waals surface area contributed by atoms with E-state index in [2.05, 4.69) is 10.6 Å². The van der Waals surface area contributed by atoms with Crippen LogP contribution in [-0.2, 0) is 9.59 Å². The van der Waals surface area contributed by atoms with Crippen LogP contribution >= 0.6 is 11.6 Å². The highest BCUT2D eigenvalue weighted by Gasteiger charge is 2.29. The molecule has 1 aromatic carbocycles. The van der Waals surface area contributed by atoms with E-state index >= 15 is 0 Å². The van der Waals surface area contributed by atoms with Gasteiger partial charge in [-0.25, -0.2) is 4.39 Å². The fourth-order valence-corrected chi connectivity index (χ4v) is 2.53. The predicted molar refractivity (Wildman–Crippen MR) is 82.9 cm³/mol. The van der Waals surface area contributed by atoms with Gasteiger partial charge in [-0.1, -0.05) is 17.7 Å². The zero-order valence-corrected chi connectivity index (χ0v) is 13.3. The molecule has 1 aliphatic carbocycles. The van der Waals surface area contributed by atoms with Crippen LogP contribution in [0.1, 0.15) is 44.2 Å². The van der Waals surface area contributed by atoms with E-state index in [1.165, 1.54) is 12.1 Å². The van der Waals surface area contributed by atoms with Crippen LogP contribution in [0.3, 0.4) is 0 Å². The van der Waals surface area contributed by atoms with E-state index in [1.54, 1.807) is 13.0 Å². The highest BCUT2D eigenvalue weighted by molar-refractivity contribution is 6.31. The van der Waals surface area contributed by atoms with Gasteiger partial charge in [0, 0.05) is 23.9 Å². The Morgan fingerprint density at radius 3 is 2.77 bits per heavy atom. The Morgan fingerprint density at radius 1 is 1.41 bits per heavy atom. The fraction of sp³-hybridized carbons (Fsp3) is 0.500. The fourth-order valence-electron chi connectivity index (χ4n) is 2.19. The summed E-state index contributed by atoms with van der Waals surface area (Å²) in [5.74, 6) is -0.242. The quantitative estimate of drug-likeness (QED) is 0.757. The molecule has 0 spiro atoms. The molecule has 0 saturated heterocycles. The minimum Gasteiger partial charge on any atom is -0.356 e. The molecule has 2 amide bonds. The van der Waals surface area contributed by atoms with Crippen molar-refractivity contribution in [2.75, 3.05) is 6.54 Å². The SMILES string of the molecule is CC(NC(=O)CCCNC(=O)C1CC1)c1ccc(F)cc1Cl. The maximum absolute atomic E-state index is 13.0. The van der Waals surface area contributed by atoms with Crippen LogP contribution in [0.2, 0.25) is 5.02 Å². The average Bonchev–Trinajstić information content (AvgIpc) is 3.27. The summed E-state index contributed by atoms with van der Waals surface area (Å²) in [6.07, 6.45) is 2.87. The molecule has 1 unspecified atom stereocenters. The molecule has 4 nitrogen and oxygen atoms in total. The lowest BCUT2D eigenvalue weighted by molar-refractivity contribution is -0.123. The second-order valence-corrected chi connectivity index (χ2v) is 6.03. The van der Waals surface area contributed by atoms with E-state index < -0.39 is 5.82 Å². The molecule has 0 heterocycles. The van der Waals surface area contributed by atoms with Crippen molar-refractivity contribution in [3.8, 4) is 0 Å². The van der Waals surface area contributed by atoms with Gasteiger partial charge in [0.2, 0.25) is 11.8 Å². The zero-order chi connectivity index (χ0) is 16.1. The first kappa shape index (κ1) is 16.7. The molecule has 6 heteroatoms. The van der Waals surface area contributed by atoms with Gasteiger partial charge in [-0.15, -0.1) is 0 Å². The minimum atomic E-state index is -0.404. The van der Waals surface area contributed by atoms with E-state index in [4.69, 9.17) is 11.6 Å². The summed E-state index contributed by atoms with van der Waals surface area (Å²) in [4.78, 5) is 23.3. The van der Waals surface area contributed by atoms with E-state index in [-0.39, 0.29) is 23.8 Å². The van der Waals surface area contributed by atoms with Gasteiger partial charge in [-0.2, -0.15) is 0 Å². The lowest BCUT2D eigenvalue weighted by Gasteiger charge is -2.16. The first-order valence-electron chi connectivity index (χ1n) is 7.49. The molecule has 1 aromatic rings. The second-order valence-electron chi connectivity index (χ2n) is 5.62. The lowest BCUT2D eigenvalue weighted by Crippen LogP contribution is -2.29. The normalized spacial score (nSPS) is 15.2. The Balaban J connectivity index is 1.70. The molecular formula is C16H20ClFN2O2. The molecule has 1 atom stereocenters. The number of hydrogen-bond acceptors (Lipinski definition) is 2. The van der Waals surface area contributed by atoms with Gasteiger partial charge in [-0.05, 0) is 43.9 Å². The van der Waals surface area contributed by atoms with Crippen molar-refractivity contribution in [1.82, 2.24) is 10.6 Å². The van der Waals surface area contributed by atoms with Crippen LogP contribution < -0.4 is 10.6 Å². The van der Waals surface area contributed by atoms with Crippen molar-refractivity contribution >= 4 is 23.4 Å². The molecule has 0 aliphatic heterocycles. The summed E-state index contributed by atoms with van der Waals surface area (Å²) in [5.41, 5.74) is 0.679. The first-order chi connectivity index (χ1) is 10.5. The molecule has 1 aliphatic rings. The maximum atomic E-state index is 13.0. The smallest absolute Gasteiger partial charge is 0.223 e. The Morgan fingerprint density at radius 2 is 2.14 bits per heavy atom. The minimum absolute atomic E-state index is 0.0897. The summed E-state index contributed by atoms with van der Waals surface area (Å²) in [6.45, 7) is 2.31. The summed E-state index contributed by atoms with van der Waals surface area (Å²) < 4.78 is 13.0. The van der Waals surface area contributed by atoms with Gasteiger partial charge in [0.1, 0.15) is 5.82 Å². The molecule has 0 radical (unpaired) electrons. The van der Waals surface area contributed by atoms with Crippen LogP contribution in [0.5, 0.6) is 0 Å². The standard InChI is InChI=1S/C16H20ClFN2O2/c1-10(13-7-6-12(18)9-14(13)17)20-15(21)3-2-8-19-16(22)11-4-5-11/h6-7,9-11H,2-5,8H2,1H3,(H,19,22)(H,20,21). The van der Waals surface area contributed by atoms with Gasteiger partial charge >= 0.3 is 0 Å². The van der Waals surface area contributed by atoms with Crippen molar-refractivity contribution in [2.24, 2.45) is 5.92 Å². The van der Waals surface area contributed by atoms with Gasteiger partial charge in [0.15, 0.2) is 0 Å². The Labute approximate surface area is 134 Å². The summed E-state index contributed by atoms with van der Waals surface area (Å²) in [7, 11) is 0. The van der Waals surface area contributed by atoms with E-state index in [0.29, 0.717) is 30.0 Å². The van der Waals surface area contributed by atoms with E-state index in [9.17, 15) is 14.0 Å². The van der Waals surface area contributed by atoms with Crippen molar-refractivity contribution in [1.29, 1.82) is 0 Å². The number of hydrogen-bond donors (Lipinski definition) is 2. The van der Waals surface area contributed by atoms with Gasteiger partial charge in [0.25, 0.3) is 0 Å². The van der Waals surface area contributed by atoms with Crippen LogP contribution in [0.25, 0.3) is 0 Å². The third kappa shape index (κ3) is 4.98. The topological polar surface area (TPSA) is 58.2 Å². The maximum Gasteiger partial charge on any atom is 0.223 e. The molecule has 2 N–H and O–H groups in total. The number of benzene rings is 1. The van der Waals surface area contributed by atoms with Crippen LogP contribution in [0, 0.1) is 11.7 Å². The van der Waals surface area contributed by atoms with Crippen molar-refractivity contribution < 1.29 is 14.0 Å². The Kier molecular flexibility index (Phi) is 5.77. The van der Waals surface area contributed by atoms with Crippen molar-refractivity contribution in [3.05, 3.63) is 34.6 Å². The summed E-state index contributed by atoms with van der Waals surface area (Å²) in [6, 6.07) is 3.82. The van der Waals surface area contributed by atoms with Crippen molar-refractivity contribution in [2.45, 2.75) is 38.6 Å². The summed E-state index contributed by atoms with van der Waals surface area (Å²) in [5, 5.41) is 5.94. The second kappa shape index (κ2) is 7.58. The highest BCUT2D eigenvalue weighted by atomic mass is 35.5. The molecule has 22 heavy (non-hydrogen) atoms. The number of carbonyl (C=O) groups excluding carboxylic acids is 2. The number of rotatable bonds is 7. The third-order valence-electron chi connectivity index (χ3n) is 3.63. The monoisotopic (exact) mass is 326 g/mol. The molecule has 0 aromatic heterocycles. The number of halogens is 2. The van der Waals surface area contributed by atoms with Gasteiger partial charge < -0.3 is 10.6 Å². The molecular weight excluding hydrogens is 307 g/mol. The number of nitrogens with one attached hydrogen (secondary N) is 2. The first-order valence-corrected chi connectivity index (χ1v) is 7.87. The van der Waals surface area contributed by atoms with E-state index in [1.807, 2.05) is 0 Å². The molecule has 0 bridgehead atoms. The van der Waals surface area contributed by atoms with E-state index in [0.717, 1.165) is 12.8 Å². The predicted octanol–water partition coefficient (Wildman–Crippen LogP) is 2.96. The Hall–Kier alpha value is -1.62.